The van der Waals surface area contributed by atoms with Crippen LogP contribution in [0.1, 0.15) is 26.7 Å². The van der Waals surface area contributed by atoms with Gasteiger partial charge in [0.25, 0.3) is 0 Å². The molecule has 0 saturated heterocycles. The summed E-state index contributed by atoms with van der Waals surface area (Å²) in [7, 11) is 0. The van der Waals surface area contributed by atoms with Crippen LogP contribution in [0, 0.1) is 0 Å². The maximum atomic E-state index is 5.85. The van der Waals surface area contributed by atoms with Crippen LogP contribution in [-0.4, -0.2) is 21.6 Å². The molecule has 3 nitrogen and oxygen atoms in total. The minimum Gasteiger partial charge on any atom is -0.474 e. The van der Waals surface area contributed by atoms with Crippen molar-refractivity contribution in [3.63, 3.8) is 0 Å². The van der Waals surface area contributed by atoms with Crippen molar-refractivity contribution in [2.24, 2.45) is 4.90 Å². The molecule has 2 aliphatic heterocycles. The first-order valence-corrected chi connectivity index (χ1v) is 9.30. The predicted octanol–water partition coefficient (Wildman–Crippen LogP) is 4.93. The number of amidine groups is 1. The number of hydrogen-bond acceptors (Lipinski definition) is 3. The highest BCUT2D eigenvalue weighted by Crippen LogP contribution is 2.38. The summed E-state index contributed by atoms with van der Waals surface area (Å²) in [6.45, 7) is 4.47. The zero-order valence-corrected chi connectivity index (χ0v) is 14.7. The third-order valence-corrected chi connectivity index (χ3v) is 5.53. The number of thioether (sulfide) groups is 1. The maximum Gasteiger partial charge on any atom is 0.206 e. The number of para-hydroxylation sites is 1. The third kappa shape index (κ3) is 2.59. The molecule has 1 aromatic rings. The second-order valence-electron chi connectivity index (χ2n) is 5.88. The number of rotatable bonds is 5. The molecule has 0 aromatic heterocycles. The maximum absolute atomic E-state index is 5.85. The summed E-state index contributed by atoms with van der Waals surface area (Å²) in [6.07, 6.45) is 5.34. The Balaban J connectivity index is 2.13. The Hall–Kier alpha value is -1.27. The van der Waals surface area contributed by atoms with E-state index in [4.69, 9.17) is 17.1 Å². The molecule has 0 radical (unpaired) electrons. The van der Waals surface area contributed by atoms with Gasteiger partial charge >= 0.3 is 0 Å². The summed E-state index contributed by atoms with van der Waals surface area (Å²) in [5.74, 6) is 0. The summed E-state index contributed by atoms with van der Waals surface area (Å²) in [4.78, 5) is 9.57. The largest absolute Gasteiger partial charge is 0.474 e. The van der Waals surface area contributed by atoms with Gasteiger partial charge in [0.1, 0.15) is 10.3 Å². The summed E-state index contributed by atoms with van der Waals surface area (Å²) in [6, 6.07) is 10.5. The van der Waals surface area contributed by atoms with E-state index in [1.165, 1.54) is 0 Å². The van der Waals surface area contributed by atoms with Crippen molar-refractivity contribution in [3.8, 4) is 0 Å². The Morgan fingerprint density at radius 2 is 1.82 bits per heavy atom. The van der Waals surface area contributed by atoms with Crippen LogP contribution in [0.2, 0.25) is 12.6 Å². The number of hydrogen-bond donors (Lipinski definition) is 0. The topological polar surface area (TPSA) is 18.8 Å². The molecule has 0 saturated carbocycles. The van der Waals surface area contributed by atoms with E-state index in [2.05, 4.69) is 48.3 Å². The van der Waals surface area contributed by atoms with Crippen LogP contribution >= 0.6 is 24.0 Å². The van der Waals surface area contributed by atoms with Crippen LogP contribution in [0.4, 0.5) is 5.69 Å². The Morgan fingerprint density at radius 3 is 2.45 bits per heavy atom. The van der Waals surface area contributed by atoms with E-state index in [1.807, 2.05) is 17.2 Å². The van der Waals surface area contributed by atoms with Crippen LogP contribution in [0.5, 0.6) is 0 Å². The number of thiocarbonyl (C=S) groups is 1. The Morgan fingerprint density at radius 1 is 1.14 bits per heavy atom. The van der Waals surface area contributed by atoms with Crippen molar-refractivity contribution in [2.45, 2.75) is 39.3 Å². The lowest BCUT2D eigenvalue weighted by Crippen LogP contribution is -2.63. The number of anilines is 1. The van der Waals surface area contributed by atoms with Gasteiger partial charge in [0.15, 0.2) is 0 Å². The van der Waals surface area contributed by atoms with E-state index in [-0.39, 0.29) is 0 Å². The lowest BCUT2D eigenvalue weighted by atomic mass is 9.39. The van der Waals surface area contributed by atoms with Crippen molar-refractivity contribution in [3.05, 3.63) is 41.9 Å². The van der Waals surface area contributed by atoms with Gasteiger partial charge in [0, 0.05) is 11.9 Å². The van der Waals surface area contributed by atoms with Gasteiger partial charge in [-0.25, -0.2) is 0 Å². The molecule has 1 aromatic carbocycles. The zero-order chi connectivity index (χ0) is 15.6. The molecule has 0 N–H and O–H groups in total. The van der Waals surface area contributed by atoms with Crippen LogP contribution in [0.15, 0.2) is 46.8 Å². The first-order chi connectivity index (χ1) is 10.7. The van der Waals surface area contributed by atoms with Gasteiger partial charge in [-0.15, -0.1) is 12.6 Å². The summed E-state index contributed by atoms with van der Waals surface area (Å²) in [5.41, 5.74) is 1.16. The lowest BCUT2D eigenvalue weighted by Gasteiger charge is -2.54. The SMILES string of the molecule is CCC[B-]1(CCC)N=C2SC=CN2C(=S)N1c1ccccc1. The third-order valence-electron chi connectivity index (χ3n) is 4.37. The van der Waals surface area contributed by atoms with E-state index in [0.717, 1.165) is 41.4 Å². The monoisotopic (exact) mass is 330 g/mol. The van der Waals surface area contributed by atoms with Crippen LogP contribution in [0.25, 0.3) is 0 Å². The fraction of sp³-hybridized carbons (Fsp3) is 0.375. The first-order valence-electron chi connectivity index (χ1n) is 8.01. The Kier molecular flexibility index (Phi) is 4.59. The standard InChI is InChI=1S/C16H21BN3S2/c1-3-10-17(11-4-2)18-15-19(12-13-22-15)16(21)20(17)14-8-6-5-7-9-14/h5-9,12-13H,3-4,10-11H2,1-2H3/q-1. The molecule has 0 spiro atoms. The van der Waals surface area contributed by atoms with Crippen LogP contribution in [0.3, 0.4) is 0 Å². The first kappa shape index (κ1) is 15.6. The minimum atomic E-state index is -1.05. The summed E-state index contributed by atoms with van der Waals surface area (Å²) in [5, 5.41) is 3.97. The van der Waals surface area contributed by atoms with Gasteiger partial charge < -0.3 is 9.71 Å². The van der Waals surface area contributed by atoms with Gasteiger partial charge in [-0.05, 0) is 29.8 Å². The molecule has 0 amide bonds. The average molecular weight is 330 g/mol. The summed E-state index contributed by atoms with van der Waals surface area (Å²) < 4.78 is 0. The van der Waals surface area contributed by atoms with Gasteiger partial charge in [-0.2, -0.15) is 0 Å². The highest BCUT2D eigenvalue weighted by atomic mass is 32.2. The van der Waals surface area contributed by atoms with Crippen LogP contribution in [-0.2, 0) is 0 Å². The highest BCUT2D eigenvalue weighted by molar-refractivity contribution is 8.16. The zero-order valence-electron chi connectivity index (χ0n) is 13.1. The predicted molar refractivity (Wildman–Crippen MR) is 103 cm³/mol. The number of benzene rings is 1. The Labute approximate surface area is 142 Å². The van der Waals surface area contributed by atoms with Crippen molar-refractivity contribution in [1.29, 1.82) is 0 Å². The molecule has 2 heterocycles. The van der Waals surface area contributed by atoms with Gasteiger partial charge in [0.05, 0.1) is 0 Å². The second-order valence-corrected chi connectivity index (χ2v) is 7.12. The minimum absolute atomic E-state index is 0.861. The molecular formula is C16H21BN3S2-. The lowest BCUT2D eigenvalue weighted by molar-refractivity contribution is 0.828. The van der Waals surface area contributed by atoms with E-state index in [0.29, 0.717) is 0 Å². The molecule has 116 valence electrons. The fourth-order valence-electron chi connectivity index (χ4n) is 3.53. The molecule has 2 aliphatic rings. The van der Waals surface area contributed by atoms with Gasteiger partial charge in [0.2, 0.25) is 6.42 Å². The molecule has 0 aliphatic carbocycles. The fourth-order valence-corrected chi connectivity index (χ4v) is 4.86. The number of nitrogens with zero attached hydrogens (tertiary/aromatic N) is 3. The molecular weight excluding hydrogens is 309 g/mol. The quantitative estimate of drug-likeness (QED) is 0.563. The molecule has 0 unspecified atom stereocenters. The van der Waals surface area contributed by atoms with Crippen molar-refractivity contribution in [2.75, 3.05) is 4.81 Å². The van der Waals surface area contributed by atoms with Crippen molar-refractivity contribution >= 4 is 46.4 Å². The molecule has 0 fully saturated rings. The average Bonchev–Trinajstić information content (AvgIpc) is 2.97. The van der Waals surface area contributed by atoms with Gasteiger partial charge in [-0.3, -0.25) is 4.90 Å². The van der Waals surface area contributed by atoms with Gasteiger partial charge in [-0.1, -0.05) is 56.7 Å². The van der Waals surface area contributed by atoms with E-state index in [9.17, 15) is 0 Å². The van der Waals surface area contributed by atoms with E-state index in [1.54, 1.807) is 11.8 Å². The van der Waals surface area contributed by atoms with Crippen molar-refractivity contribution < 1.29 is 0 Å². The number of fused-ring (bicyclic) bond motifs is 1. The molecule has 0 atom stereocenters. The second kappa shape index (κ2) is 6.46. The molecule has 22 heavy (non-hydrogen) atoms. The van der Waals surface area contributed by atoms with E-state index >= 15 is 0 Å². The smallest absolute Gasteiger partial charge is 0.206 e. The Bertz CT molecular complexity index is 609. The highest BCUT2D eigenvalue weighted by Gasteiger charge is 2.39. The molecule has 6 heteroatoms. The van der Waals surface area contributed by atoms with Crippen LogP contribution < -0.4 is 4.81 Å². The van der Waals surface area contributed by atoms with Crippen molar-refractivity contribution in [1.82, 2.24) is 4.90 Å². The normalized spacial score (nSPS) is 19.4. The molecule has 3 rings (SSSR count). The summed E-state index contributed by atoms with van der Waals surface area (Å²) >= 11 is 7.52. The van der Waals surface area contributed by atoms with E-state index < -0.39 is 6.42 Å². The molecule has 0 bridgehead atoms.